The third-order valence-corrected chi connectivity index (χ3v) is 8.78. The average molecular weight is 750 g/mol. The van der Waals surface area contributed by atoms with Crippen molar-refractivity contribution >= 4 is 21.8 Å². The number of hydrogen-bond donors (Lipinski definition) is 0. The number of rotatable bonds is 2. The maximum atomic E-state index is 4.66. The summed E-state index contributed by atoms with van der Waals surface area (Å²) in [7, 11) is 0. The van der Waals surface area contributed by atoms with Crippen molar-refractivity contribution in [3.8, 4) is 23.0 Å². The zero-order chi connectivity index (χ0) is 28.9. The Labute approximate surface area is 265 Å². The Kier molecular flexibility index (Phi) is 7.76. The molecule has 0 fully saturated rings. The van der Waals surface area contributed by atoms with E-state index in [9.17, 15) is 0 Å². The summed E-state index contributed by atoms with van der Waals surface area (Å²) < 4.78 is 0. The second-order valence-corrected chi connectivity index (χ2v) is 12.7. The molecule has 0 amide bonds. The molecule has 0 aliphatic heterocycles. The first-order valence-corrected chi connectivity index (χ1v) is 14.8. The van der Waals surface area contributed by atoms with Crippen LogP contribution < -0.4 is 10.2 Å². The van der Waals surface area contributed by atoms with Gasteiger partial charge in [-0.25, -0.2) is 19.9 Å². The number of hydrogen-bond acceptors (Lipinski definition) is 6. The van der Waals surface area contributed by atoms with E-state index >= 15 is 0 Å². The molecule has 6 aromatic rings. The van der Waals surface area contributed by atoms with Crippen LogP contribution in [0, 0.1) is 0 Å². The zero-order valence-electron chi connectivity index (χ0n) is 24.9. The van der Waals surface area contributed by atoms with Crippen molar-refractivity contribution in [2.45, 2.75) is 77.0 Å². The van der Waals surface area contributed by atoms with Gasteiger partial charge in [-0.3, -0.25) is 0 Å². The Bertz CT molecular complexity index is 1780. The number of aromatic nitrogens is 8. The van der Waals surface area contributed by atoms with Crippen molar-refractivity contribution in [1.29, 1.82) is 0 Å². The average Bonchev–Trinajstić information content (AvgIpc) is 3.64. The van der Waals surface area contributed by atoms with Crippen molar-refractivity contribution in [2.24, 2.45) is 0 Å². The van der Waals surface area contributed by atoms with Crippen molar-refractivity contribution in [2.75, 3.05) is 0 Å². The fourth-order valence-corrected chi connectivity index (χ4v) is 6.41. The van der Waals surface area contributed by atoms with Gasteiger partial charge in [0.05, 0.1) is 11.0 Å². The number of para-hydroxylation sites is 2. The smallest absolute Gasteiger partial charge is 0.572 e. The van der Waals surface area contributed by atoms with Crippen molar-refractivity contribution < 1.29 is 21.1 Å². The van der Waals surface area contributed by atoms with Gasteiger partial charge >= 0.3 is 21.1 Å². The van der Waals surface area contributed by atoms with Crippen molar-refractivity contribution in [1.82, 2.24) is 40.3 Å². The summed E-state index contributed by atoms with van der Waals surface area (Å²) in [6, 6.07) is 16.0. The van der Waals surface area contributed by atoms with Gasteiger partial charge in [0.2, 0.25) is 0 Å². The molecule has 0 radical (unpaired) electrons. The summed E-state index contributed by atoms with van der Waals surface area (Å²) in [5, 5.41) is 19.8. The van der Waals surface area contributed by atoms with Crippen LogP contribution in [-0.4, -0.2) is 30.1 Å². The molecule has 2 aliphatic rings. The van der Waals surface area contributed by atoms with E-state index in [4.69, 9.17) is 0 Å². The summed E-state index contributed by atoms with van der Waals surface area (Å²) >= 11 is 0. The molecular formula is C34H34N8Pt. The van der Waals surface area contributed by atoms with Crippen LogP contribution >= 0.6 is 0 Å². The van der Waals surface area contributed by atoms with Gasteiger partial charge in [0, 0.05) is 45.4 Å². The third-order valence-electron chi connectivity index (χ3n) is 8.78. The van der Waals surface area contributed by atoms with E-state index in [1.54, 1.807) is 0 Å². The first kappa shape index (κ1) is 29.3. The molecule has 4 aromatic heterocycles. The minimum atomic E-state index is 0. The van der Waals surface area contributed by atoms with Gasteiger partial charge in [-0.05, 0) is 61.8 Å². The molecule has 2 aromatic carbocycles. The first-order chi connectivity index (χ1) is 20.3. The molecule has 9 heteroatoms. The van der Waals surface area contributed by atoms with Crippen molar-refractivity contribution in [3.63, 3.8) is 0 Å². The second kappa shape index (κ2) is 11.4. The summed E-state index contributed by atoms with van der Waals surface area (Å²) in [6.07, 6.45) is 10.5. The summed E-state index contributed by atoms with van der Waals surface area (Å²) in [5.41, 5.74) is 8.57. The molecule has 0 bridgehead atoms. The van der Waals surface area contributed by atoms with Crippen molar-refractivity contribution in [3.05, 3.63) is 83.4 Å². The van der Waals surface area contributed by atoms with E-state index < -0.39 is 0 Å². The molecule has 0 N–H and O–H groups in total. The Morgan fingerprint density at radius 1 is 0.605 bits per heavy atom. The van der Waals surface area contributed by atoms with Gasteiger partial charge in [-0.1, -0.05) is 75.5 Å². The van der Waals surface area contributed by atoms with Gasteiger partial charge in [0.15, 0.2) is 0 Å². The second-order valence-electron chi connectivity index (χ2n) is 12.7. The molecule has 0 atom stereocenters. The SMILES string of the molecule is CC1(C)CCCc2c1n[n-]c2-c1ncc2ccccc2n1.CC1(C)CCCc2c1n[n-]c2-c1ncc2ccccc2n1.[Pt+2]. The van der Waals surface area contributed by atoms with Crippen LogP contribution in [0.25, 0.3) is 44.8 Å². The van der Waals surface area contributed by atoms with Gasteiger partial charge in [0.1, 0.15) is 11.6 Å². The monoisotopic (exact) mass is 749 g/mol. The predicted molar refractivity (Wildman–Crippen MR) is 164 cm³/mol. The van der Waals surface area contributed by atoms with Crippen LogP contribution in [0.5, 0.6) is 0 Å². The van der Waals surface area contributed by atoms with Crippen LogP contribution in [0.1, 0.15) is 75.9 Å². The molecular weight excluding hydrogens is 716 g/mol. The van der Waals surface area contributed by atoms with Gasteiger partial charge < -0.3 is 20.4 Å². The quantitative estimate of drug-likeness (QED) is 0.197. The standard InChI is InChI=1S/2C17H17N4.Pt/c2*1-17(2)9-5-7-12-14(20-21-15(12)17)16-18-10-11-6-3-4-8-13(11)19-16;/h2*3-4,6,8,10H,5,7,9H2,1-2H3;/q2*-1;+2. The van der Waals surface area contributed by atoms with E-state index in [0.717, 1.165) is 70.3 Å². The molecule has 2 aliphatic carbocycles. The minimum Gasteiger partial charge on any atom is -0.572 e. The first-order valence-electron chi connectivity index (χ1n) is 14.8. The molecule has 4 heterocycles. The molecule has 0 unspecified atom stereocenters. The molecule has 8 rings (SSSR count). The largest absolute Gasteiger partial charge is 2.00 e. The van der Waals surface area contributed by atoms with Crippen LogP contribution in [-0.2, 0) is 44.7 Å². The van der Waals surface area contributed by atoms with E-state index in [1.807, 2.05) is 60.9 Å². The van der Waals surface area contributed by atoms with Gasteiger partial charge in [0.25, 0.3) is 0 Å². The van der Waals surface area contributed by atoms with Gasteiger partial charge in [-0.15, -0.1) is 0 Å². The summed E-state index contributed by atoms with van der Waals surface area (Å²) in [5.74, 6) is 1.39. The van der Waals surface area contributed by atoms with E-state index in [2.05, 4.69) is 68.0 Å². The fourth-order valence-electron chi connectivity index (χ4n) is 6.41. The minimum absolute atomic E-state index is 0. The van der Waals surface area contributed by atoms with Crippen LogP contribution in [0.15, 0.2) is 60.9 Å². The number of fused-ring (bicyclic) bond motifs is 4. The maximum Gasteiger partial charge on any atom is 2.00 e. The Balaban J connectivity index is 0.000000150. The van der Waals surface area contributed by atoms with E-state index in [-0.39, 0.29) is 31.9 Å². The Morgan fingerprint density at radius 2 is 1.02 bits per heavy atom. The topological polar surface area (TPSA) is 106 Å². The number of nitrogens with zero attached hydrogens (tertiary/aromatic N) is 8. The van der Waals surface area contributed by atoms with Gasteiger partial charge in [-0.2, -0.15) is 0 Å². The Morgan fingerprint density at radius 3 is 1.47 bits per heavy atom. The number of benzene rings is 2. The fraction of sp³-hybridized carbons (Fsp3) is 0.353. The zero-order valence-corrected chi connectivity index (χ0v) is 27.2. The maximum absolute atomic E-state index is 4.66. The molecule has 0 saturated carbocycles. The molecule has 0 saturated heterocycles. The normalized spacial score (nSPS) is 16.5. The van der Waals surface area contributed by atoms with Crippen LogP contribution in [0.3, 0.4) is 0 Å². The molecule has 43 heavy (non-hydrogen) atoms. The van der Waals surface area contributed by atoms with Crippen LogP contribution in [0.4, 0.5) is 0 Å². The summed E-state index contributed by atoms with van der Waals surface area (Å²) in [4.78, 5) is 18.3. The van der Waals surface area contributed by atoms with E-state index in [1.165, 1.54) is 24.0 Å². The van der Waals surface area contributed by atoms with Crippen LogP contribution in [0.2, 0.25) is 0 Å². The molecule has 8 nitrogen and oxygen atoms in total. The molecule has 220 valence electrons. The molecule has 0 spiro atoms. The Hall–Kier alpha value is -3.77. The summed E-state index contributed by atoms with van der Waals surface area (Å²) in [6.45, 7) is 8.96. The third kappa shape index (κ3) is 5.42. The van der Waals surface area contributed by atoms with E-state index in [0.29, 0.717) is 11.6 Å². The predicted octanol–water partition coefficient (Wildman–Crippen LogP) is 6.52.